The SMILES string of the molecule is CCOC(=O)c1ccc2c(c1)CCCC2N(CCCCC(=O)OC)CCc1ccccc1O. The van der Waals surface area contributed by atoms with E-state index in [2.05, 4.69) is 11.0 Å². The molecule has 0 radical (unpaired) electrons. The van der Waals surface area contributed by atoms with Crippen LogP contribution in [0.5, 0.6) is 5.75 Å². The van der Waals surface area contributed by atoms with Crippen LogP contribution in [0.25, 0.3) is 0 Å². The number of nitrogens with zero attached hydrogens (tertiary/aromatic N) is 1. The number of hydrogen-bond acceptors (Lipinski definition) is 6. The Hall–Kier alpha value is -2.86. The van der Waals surface area contributed by atoms with Gasteiger partial charge in [0.05, 0.1) is 19.3 Å². The molecule has 0 saturated carbocycles. The third kappa shape index (κ3) is 6.81. The number of benzene rings is 2. The third-order valence-corrected chi connectivity index (χ3v) is 6.34. The van der Waals surface area contributed by atoms with E-state index in [4.69, 9.17) is 9.47 Å². The van der Waals surface area contributed by atoms with Crippen LogP contribution in [0.1, 0.15) is 72.1 Å². The molecule has 1 aliphatic rings. The molecule has 6 nitrogen and oxygen atoms in total. The largest absolute Gasteiger partial charge is 0.508 e. The van der Waals surface area contributed by atoms with Gasteiger partial charge in [0, 0.05) is 19.0 Å². The molecule has 33 heavy (non-hydrogen) atoms. The van der Waals surface area contributed by atoms with E-state index < -0.39 is 0 Å². The summed E-state index contributed by atoms with van der Waals surface area (Å²) in [5.74, 6) is -0.127. The van der Waals surface area contributed by atoms with Crippen molar-refractivity contribution >= 4 is 11.9 Å². The summed E-state index contributed by atoms with van der Waals surface area (Å²) in [6.07, 6.45) is 5.89. The first-order chi connectivity index (χ1) is 16.0. The van der Waals surface area contributed by atoms with Crippen molar-refractivity contribution in [3.63, 3.8) is 0 Å². The number of hydrogen-bond donors (Lipinski definition) is 1. The molecule has 0 aliphatic heterocycles. The highest BCUT2D eigenvalue weighted by molar-refractivity contribution is 5.89. The fourth-order valence-electron chi connectivity index (χ4n) is 4.61. The van der Waals surface area contributed by atoms with Gasteiger partial charge >= 0.3 is 11.9 Å². The van der Waals surface area contributed by atoms with Crippen LogP contribution in [0.2, 0.25) is 0 Å². The molecule has 0 saturated heterocycles. The maximum Gasteiger partial charge on any atom is 0.338 e. The number of fused-ring (bicyclic) bond motifs is 1. The molecule has 0 bridgehead atoms. The number of rotatable bonds is 11. The van der Waals surface area contributed by atoms with Crippen molar-refractivity contribution in [1.82, 2.24) is 4.90 Å². The lowest BCUT2D eigenvalue weighted by atomic mass is 9.85. The molecule has 1 atom stereocenters. The van der Waals surface area contributed by atoms with Crippen molar-refractivity contribution < 1.29 is 24.2 Å². The molecule has 0 heterocycles. The minimum atomic E-state index is -0.276. The van der Waals surface area contributed by atoms with E-state index in [1.54, 1.807) is 6.07 Å². The average molecular weight is 454 g/mol. The monoisotopic (exact) mass is 453 g/mol. The highest BCUT2D eigenvalue weighted by atomic mass is 16.5. The number of para-hydroxylation sites is 1. The van der Waals surface area contributed by atoms with Crippen LogP contribution in [-0.2, 0) is 27.1 Å². The molecule has 2 aromatic rings. The van der Waals surface area contributed by atoms with Gasteiger partial charge in [0.15, 0.2) is 0 Å². The van der Waals surface area contributed by atoms with Gasteiger partial charge in [0.25, 0.3) is 0 Å². The van der Waals surface area contributed by atoms with Crippen molar-refractivity contribution in [3.8, 4) is 5.75 Å². The number of aromatic hydroxyl groups is 1. The lowest BCUT2D eigenvalue weighted by Gasteiger charge is -2.36. The number of esters is 2. The standard InChI is InChI=1S/C27H35NO5/c1-3-33-27(31)22-14-15-23-21(19-22)10-8-11-24(23)28(17-7-6-13-26(30)32-2)18-16-20-9-4-5-12-25(20)29/h4-5,9,12,14-15,19,24,29H,3,6-8,10-11,13,16-18H2,1-2H3. The molecule has 3 rings (SSSR count). The van der Waals surface area contributed by atoms with Gasteiger partial charge < -0.3 is 14.6 Å². The summed E-state index contributed by atoms with van der Waals surface area (Å²) in [6, 6.07) is 13.6. The highest BCUT2D eigenvalue weighted by Gasteiger charge is 2.27. The predicted molar refractivity (Wildman–Crippen MR) is 127 cm³/mol. The second-order valence-corrected chi connectivity index (χ2v) is 8.49. The summed E-state index contributed by atoms with van der Waals surface area (Å²) < 4.78 is 9.94. The van der Waals surface area contributed by atoms with Gasteiger partial charge in [-0.15, -0.1) is 0 Å². The van der Waals surface area contributed by atoms with E-state index in [0.717, 1.165) is 57.2 Å². The molecule has 178 valence electrons. The van der Waals surface area contributed by atoms with Crippen LogP contribution in [-0.4, -0.2) is 48.8 Å². The minimum Gasteiger partial charge on any atom is -0.508 e. The highest BCUT2D eigenvalue weighted by Crippen LogP contribution is 2.35. The van der Waals surface area contributed by atoms with Crippen LogP contribution in [0, 0.1) is 0 Å². The maximum absolute atomic E-state index is 12.2. The summed E-state index contributed by atoms with van der Waals surface area (Å²) in [5, 5.41) is 10.2. The minimum absolute atomic E-state index is 0.176. The number of phenols is 1. The second-order valence-electron chi connectivity index (χ2n) is 8.49. The fourth-order valence-corrected chi connectivity index (χ4v) is 4.61. The van der Waals surface area contributed by atoms with Crippen molar-refractivity contribution in [2.75, 3.05) is 26.8 Å². The number of phenolic OH excluding ortho intramolecular Hbond substituents is 1. The zero-order chi connectivity index (χ0) is 23.6. The van der Waals surface area contributed by atoms with Crippen LogP contribution in [0.3, 0.4) is 0 Å². The Bertz CT molecular complexity index is 942. The number of aryl methyl sites for hydroxylation is 1. The van der Waals surface area contributed by atoms with E-state index in [9.17, 15) is 14.7 Å². The van der Waals surface area contributed by atoms with Gasteiger partial charge in [-0.2, -0.15) is 0 Å². The number of methoxy groups -OCH3 is 1. The first-order valence-corrected chi connectivity index (χ1v) is 11.9. The summed E-state index contributed by atoms with van der Waals surface area (Å²) in [6.45, 7) is 3.84. The summed E-state index contributed by atoms with van der Waals surface area (Å²) in [4.78, 5) is 26.2. The molecule has 0 spiro atoms. The lowest BCUT2D eigenvalue weighted by molar-refractivity contribution is -0.140. The molecular weight excluding hydrogens is 418 g/mol. The molecule has 1 aliphatic carbocycles. The van der Waals surface area contributed by atoms with Crippen molar-refractivity contribution in [2.24, 2.45) is 0 Å². The van der Waals surface area contributed by atoms with Gasteiger partial charge in [-0.3, -0.25) is 9.69 Å². The van der Waals surface area contributed by atoms with E-state index in [1.165, 1.54) is 18.2 Å². The Morgan fingerprint density at radius 3 is 2.70 bits per heavy atom. The molecule has 0 fully saturated rings. The first-order valence-electron chi connectivity index (χ1n) is 11.9. The van der Waals surface area contributed by atoms with E-state index in [0.29, 0.717) is 24.3 Å². The topological polar surface area (TPSA) is 76.1 Å². The zero-order valence-electron chi connectivity index (χ0n) is 19.7. The molecule has 6 heteroatoms. The van der Waals surface area contributed by atoms with Crippen LogP contribution >= 0.6 is 0 Å². The van der Waals surface area contributed by atoms with E-state index >= 15 is 0 Å². The molecular formula is C27H35NO5. The Labute approximate surface area is 196 Å². The fraction of sp³-hybridized carbons (Fsp3) is 0.481. The lowest BCUT2D eigenvalue weighted by Crippen LogP contribution is -2.34. The van der Waals surface area contributed by atoms with Crippen LogP contribution in [0.15, 0.2) is 42.5 Å². The maximum atomic E-state index is 12.2. The number of ether oxygens (including phenoxy) is 2. The van der Waals surface area contributed by atoms with Gasteiger partial charge in [0.1, 0.15) is 5.75 Å². The van der Waals surface area contributed by atoms with Crippen molar-refractivity contribution in [1.29, 1.82) is 0 Å². The Morgan fingerprint density at radius 2 is 1.94 bits per heavy atom. The van der Waals surface area contributed by atoms with Gasteiger partial charge in [-0.25, -0.2) is 4.79 Å². The summed E-state index contributed by atoms with van der Waals surface area (Å²) >= 11 is 0. The Morgan fingerprint density at radius 1 is 1.12 bits per heavy atom. The Balaban J connectivity index is 1.76. The summed E-state index contributed by atoms with van der Waals surface area (Å²) in [5.41, 5.74) is 4.01. The number of carbonyl (C=O) groups excluding carboxylic acids is 2. The normalized spacial score (nSPS) is 15.2. The quantitative estimate of drug-likeness (QED) is 0.388. The number of carbonyl (C=O) groups is 2. The average Bonchev–Trinajstić information content (AvgIpc) is 2.83. The van der Waals surface area contributed by atoms with Crippen molar-refractivity contribution in [3.05, 3.63) is 64.7 Å². The van der Waals surface area contributed by atoms with E-state index in [1.807, 2.05) is 37.3 Å². The van der Waals surface area contributed by atoms with Gasteiger partial charge in [-0.1, -0.05) is 24.3 Å². The van der Waals surface area contributed by atoms with Crippen molar-refractivity contribution in [2.45, 2.75) is 57.9 Å². The zero-order valence-corrected chi connectivity index (χ0v) is 19.7. The molecule has 1 unspecified atom stereocenters. The predicted octanol–water partition coefficient (Wildman–Crippen LogP) is 4.83. The second kappa shape index (κ2) is 12.4. The first kappa shape index (κ1) is 24.8. The Kier molecular flexibility index (Phi) is 9.31. The molecule has 0 aromatic heterocycles. The van der Waals surface area contributed by atoms with Gasteiger partial charge in [-0.05, 0) is 86.9 Å². The third-order valence-electron chi connectivity index (χ3n) is 6.34. The van der Waals surface area contributed by atoms with Crippen LogP contribution < -0.4 is 0 Å². The molecule has 2 aromatic carbocycles. The molecule has 0 amide bonds. The summed E-state index contributed by atoms with van der Waals surface area (Å²) in [7, 11) is 1.42. The molecule has 1 N–H and O–H groups in total. The van der Waals surface area contributed by atoms with Gasteiger partial charge in [0.2, 0.25) is 0 Å². The van der Waals surface area contributed by atoms with E-state index in [-0.39, 0.29) is 18.0 Å². The smallest absolute Gasteiger partial charge is 0.338 e. The number of unbranched alkanes of at least 4 members (excludes halogenated alkanes) is 1. The van der Waals surface area contributed by atoms with Crippen LogP contribution in [0.4, 0.5) is 0 Å².